The summed E-state index contributed by atoms with van der Waals surface area (Å²) in [6, 6.07) is 10.5. The molecule has 0 aliphatic carbocycles. The van der Waals surface area contributed by atoms with Crippen molar-refractivity contribution in [2.24, 2.45) is 0 Å². The molecule has 162 valence electrons. The normalized spacial score (nSPS) is 14.7. The fourth-order valence-corrected chi connectivity index (χ4v) is 4.13. The van der Waals surface area contributed by atoms with E-state index in [2.05, 4.69) is 46.0 Å². The first-order chi connectivity index (χ1) is 15.6. The Morgan fingerprint density at radius 2 is 2.00 bits per heavy atom. The monoisotopic (exact) mass is 427 g/mol. The van der Waals surface area contributed by atoms with Gasteiger partial charge in [0.15, 0.2) is 0 Å². The highest BCUT2D eigenvalue weighted by Crippen LogP contribution is 2.31. The number of hydrogen-bond donors (Lipinski definition) is 2. The number of nitrogens with zero attached hydrogens (tertiary/aromatic N) is 7. The van der Waals surface area contributed by atoms with E-state index in [1.54, 1.807) is 10.7 Å². The summed E-state index contributed by atoms with van der Waals surface area (Å²) in [5.41, 5.74) is 5.72. The lowest BCUT2D eigenvalue weighted by Crippen LogP contribution is -2.29. The van der Waals surface area contributed by atoms with E-state index in [0.29, 0.717) is 11.6 Å². The van der Waals surface area contributed by atoms with E-state index < -0.39 is 0 Å². The summed E-state index contributed by atoms with van der Waals surface area (Å²) in [7, 11) is 0. The molecule has 0 atom stereocenters. The van der Waals surface area contributed by atoms with E-state index in [4.69, 9.17) is 10.2 Å². The Balaban J connectivity index is 1.53. The summed E-state index contributed by atoms with van der Waals surface area (Å²) in [6.07, 6.45) is 7.55. The molecule has 0 aromatic carbocycles. The zero-order valence-electron chi connectivity index (χ0n) is 18.2. The number of anilines is 1. The largest absolute Gasteiger partial charge is 0.382 e. The zero-order valence-corrected chi connectivity index (χ0v) is 18.2. The molecule has 0 saturated carbocycles. The second-order valence-electron chi connectivity index (χ2n) is 8.39. The summed E-state index contributed by atoms with van der Waals surface area (Å²) in [6.45, 7) is 6.22. The van der Waals surface area contributed by atoms with Gasteiger partial charge < -0.3 is 10.6 Å². The van der Waals surface area contributed by atoms with Crippen molar-refractivity contribution in [1.82, 2.24) is 34.9 Å². The molecule has 9 nitrogen and oxygen atoms in total. The van der Waals surface area contributed by atoms with Gasteiger partial charge in [0.2, 0.25) is 0 Å². The van der Waals surface area contributed by atoms with Gasteiger partial charge in [0.25, 0.3) is 0 Å². The molecule has 0 bridgehead atoms. The highest BCUT2D eigenvalue weighted by Gasteiger charge is 2.19. The second kappa shape index (κ2) is 8.40. The SMILES string of the molecule is CC(C)Nc1cc(-c2ccc3cc(C#N)cnn23)ncc1-c1cn(C2CCNCC2)nn1. The molecule has 0 radical (unpaired) electrons. The number of nitrogens with one attached hydrogen (secondary N) is 2. The van der Waals surface area contributed by atoms with Crippen LogP contribution in [0.25, 0.3) is 28.2 Å². The molecule has 0 amide bonds. The fraction of sp³-hybridized carbons (Fsp3) is 0.348. The van der Waals surface area contributed by atoms with Gasteiger partial charge in [-0.25, -0.2) is 9.20 Å². The summed E-state index contributed by atoms with van der Waals surface area (Å²) < 4.78 is 3.79. The van der Waals surface area contributed by atoms with Crippen molar-refractivity contribution < 1.29 is 0 Å². The molecular weight excluding hydrogens is 402 g/mol. The highest BCUT2D eigenvalue weighted by atomic mass is 15.4. The Morgan fingerprint density at radius 1 is 1.16 bits per heavy atom. The Kier molecular flexibility index (Phi) is 5.29. The van der Waals surface area contributed by atoms with Crippen LogP contribution in [-0.4, -0.2) is 48.7 Å². The molecule has 1 aliphatic heterocycles. The molecule has 5 rings (SSSR count). The predicted molar refractivity (Wildman–Crippen MR) is 122 cm³/mol. The van der Waals surface area contributed by atoms with Gasteiger partial charge in [-0.2, -0.15) is 10.4 Å². The second-order valence-corrected chi connectivity index (χ2v) is 8.39. The summed E-state index contributed by atoms with van der Waals surface area (Å²) >= 11 is 0. The molecule has 9 heteroatoms. The smallest absolute Gasteiger partial charge is 0.116 e. The topological polar surface area (TPSA) is 109 Å². The van der Waals surface area contributed by atoms with Crippen LogP contribution in [0.15, 0.2) is 42.9 Å². The lowest BCUT2D eigenvalue weighted by atomic mass is 10.1. The van der Waals surface area contributed by atoms with Gasteiger partial charge in [0.05, 0.1) is 40.9 Å². The third kappa shape index (κ3) is 3.81. The van der Waals surface area contributed by atoms with Crippen molar-refractivity contribution in [2.75, 3.05) is 18.4 Å². The maximum absolute atomic E-state index is 9.13. The summed E-state index contributed by atoms with van der Waals surface area (Å²) in [5.74, 6) is 0. The minimum Gasteiger partial charge on any atom is -0.382 e. The van der Waals surface area contributed by atoms with Crippen molar-refractivity contribution in [3.63, 3.8) is 0 Å². The maximum Gasteiger partial charge on any atom is 0.116 e. The van der Waals surface area contributed by atoms with E-state index in [0.717, 1.165) is 59.8 Å². The van der Waals surface area contributed by atoms with Crippen molar-refractivity contribution in [3.8, 4) is 28.7 Å². The first-order valence-corrected chi connectivity index (χ1v) is 10.9. The number of fused-ring (bicyclic) bond motifs is 1. The van der Waals surface area contributed by atoms with Gasteiger partial charge >= 0.3 is 0 Å². The van der Waals surface area contributed by atoms with Crippen LogP contribution in [0.2, 0.25) is 0 Å². The fourth-order valence-electron chi connectivity index (χ4n) is 4.13. The number of pyridine rings is 1. The molecule has 0 unspecified atom stereocenters. The van der Waals surface area contributed by atoms with Crippen LogP contribution in [0.4, 0.5) is 5.69 Å². The standard InChI is InChI=1S/C23H25N9/c1-15(2)28-20-10-21(23-4-3-18-9-16(11-24)12-27-32(18)23)26-13-19(20)22-14-31(30-29-22)17-5-7-25-8-6-17/h3-4,9-10,12-15,17,25H,5-8H2,1-2H3,(H,26,28). The van der Waals surface area contributed by atoms with E-state index in [1.165, 1.54) is 0 Å². The molecule has 1 aliphatic rings. The van der Waals surface area contributed by atoms with Crippen LogP contribution in [-0.2, 0) is 0 Å². The average molecular weight is 428 g/mol. The summed E-state index contributed by atoms with van der Waals surface area (Å²) in [5, 5.41) is 29.3. The van der Waals surface area contributed by atoms with E-state index >= 15 is 0 Å². The lowest BCUT2D eigenvalue weighted by Gasteiger charge is -2.22. The van der Waals surface area contributed by atoms with Crippen molar-refractivity contribution >= 4 is 11.2 Å². The molecule has 5 heterocycles. The van der Waals surface area contributed by atoms with Crippen LogP contribution in [0.1, 0.15) is 38.3 Å². The number of piperidine rings is 1. The Morgan fingerprint density at radius 3 is 2.78 bits per heavy atom. The number of hydrogen-bond acceptors (Lipinski definition) is 7. The van der Waals surface area contributed by atoms with Crippen molar-refractivity contribution in [1.29, 1.82) is 5.26 Å². The number of nitriles is 1. The van der Waals surface area contributed by atoms with Crippen LogP contribution in [0.3, 0.4) is 0 Å². The molecule has 1 fully saturated rings. The zero-order chi connectivity index (χ0) is 22.1. The van der Waals surface area contributed by atoms with Crippen LogP contribution in [0.5, 0.6) is 0 Å². The molecule has 4 aromatic rings. The third-order valence-electron chi connectivity index (χ3n) is 5.71. The molecule has 4 aromatic heterocycles. The van der Waals surface area contributed by atoms with Gasteiger partial charge in [0, 0.05) is 23.5 Å². The van der Waals surface area contributed by atoms with Gasteiger partial charge in [-0.1, -0.05) is 5.21 Å². The Labute approximate surface area is 186 Å². The average Bonchev–Trinajstić information content (AvgIpc) is 3.46. The quantitative estimate of drug-likeness (QED) is 0.503. The van der Waals surface area contributed by atoms with Crippen LogP contribution >= 0.6 is 0 Å². The predicted octanol–water partition coefficient (Wildman–Crippen LogP) is 3.27. The van der Waals surface area contributed by atoms with Crippen molar-refractivity contribution in [2.45, 2.75) is 38.8 Å². The number of aromatic nitrogens is 6. The molecule has 1 saturated heterocycles. The van der Waals surface area contributed by atoms with E-state index in [9.17, 15) is 0 Å². The lowest BCUT2D eigenvalue weighted by molar-refractivity contribution is 0.337. The van der Waals surface area contributed by atoms with E-state index in [-0.39, 0.29) is 6.04 Å². The van der Waals surface area contributed by atoms with Crippen LogP contribution in [0, 0.1) is 11.3 Å². The van der Waals surface area contributed by atoms with Gasteiger partial charge in [-0.05, 0) is 64.0 Å². The van der Waals surface area contributed by atoms with Crippen molar-refractivity contribution in [3.05, 3.63) is 48.4 Å². The first kappa shape index (κ1) is 20.2. The maximum atomic E-state index is 9.13. The van der Waals surface area contributed by atoms with E-state index in [1.807, 2.05) is 41.3 Å². The van der Waals surface area contributed by atoms with Gasteiger partial charge in [0.1, 0.15) is 11.8 Å². The summed E-state index contributed by atoms with van der Waals surface area (Å²) in [4.78, 5) is 4.73. The number of rotatable bonds is 5. The molecule has 32 heavy (non-hydrogen) atoms. The third-order valence-corrected chi connectivity index (χ3v) is 5.71. The molecule has 2 N–H and O–H groups in total. The van der Waals surface area contributed by atoms with Gasteiger partial charge in [-0.15, -0.1) is 5.10 Å². The Hall–Kier alpha value is -3.77. The van der Waals surface area contributed by atoms with Crippen LogP contribution < -0.4 is 10.6 Å². The molecular formula is C23H25N9. The first-order valence-electron chi connectivity index (χ1n) is 10.9. The highest BCUT2D eigenvalue weighted by molar-refractivity contribution is 5.78. The minimum absolute atomic E-state index is 0.240. The molecule has 0 spiro atoms. The minimum atomic E-state index is 0.240. The Bertz CT molecular complexity index is 1290. The van der Waals surface area contributed by atoms with Gasteiger partial charge in [-0.3, -0.25) is 4.98 Å².